The third-order valence-corrected chi connectivity index (χ3v) is 2.52. The van der Waals surface area contributed by atoms with Crippen LogP contribution in [0.15, 0.2) is 28.8 Å². The zero-order valence-corrected chi connectivity index (χ0v) is 11.4. The van der Waals surface area contributed by atoms with Gasteiger partial charge in [-0.25, -0.2) is 0 Å². The Morgan fingerprint density at radius 2 is 2.15 bits per heavy atom. The number of nitrogens with zero attached hydrogens (tertiary/aromatic N) is 1. The Labute approximate surface area is 117 Å². The molecule has 1 amide bonds. The first-order valence-corrected chi connectivity index (χ1v) is 6.14. The number of hydrogen-bond donors (Lipinski definition) is 2. The van der Waals surface area contributed by atoms with Gasteiger partial charge in [-0.05, 0) is 37.6 Å². The van der Waals surface area contributed by atoms with Gasteiger partial charge >= 0.3 is 0 Å². The van der Waals surface area contributed by atoms with Crippen LogP contribution in [0.4, 0.5) is 5.69 Å². The highest BCUT2D eigenvalue weighted by molar-refractivity contribution is 6.02. The van der Waals surface area contributed by atoms with Crippen molar-refractivity contribution in [3.63, 3.8) is 0 Å². The number of carbonyl (C=O) groups is 1. The summed E-state index contributed by atoms with van der Waals surface area (Å²) in [5, 5.41) is 6.44. The molecule has 2 aromatic rings. The quantitative estimate of drug-likeness (QED) is 0.815. The molecule has 0 fully saturated rings. The summed E-state index contributed by atoms with van der Waals surface area (Å²) >= 11 is 0. The largest absolute Gasteiger partial charge is 0.351 e. The summed E-state index contributed by atoms with van der Waals surface area (Å²) in [7, 11) is 0. The molecule has 1 heterocycles. The monoisotopic (exact) mass is 269 g/mol. The van der Waals surface area contributed by atoms with E-state index in [1.807, 2.05) is 19.1 Å². The third kappa shape index (κ3) is 3.46. The van der Waals surface area contributed by atoms with E-state index in [1.165, 1.54) is 0 Å². The average Bonchev–Trinajstić information content (AvgIpc) is 2.82. The number of aromatic nitrogens is 1. The van der Waals surface area contributed by atoms with Crippen LogP contribution in [-0.2, 0) is 0 Å². The molecule has 0 atom stereocenters. The Morgan fingerprint density at radius 1 is 1.35 bits per heavy atom. The minimum atomic E-state index is -0.339. The van der Waals surface area contributed by atoms with E-state index >= 15 is 0 Å². The van der Waals surface area contributed by atoms with E-state index in [-0.39, 0.29) is 11.7 Å². The van der Waals surface area contributed by atoms with Gasteiger partial charge in [-0.2, -0.15) is 0 Å². The first-order chi connectivity index (χ1) is 9.58. The molecule has 1 aromatic carbocycles. The minimum Gasteiger partial charge on any atom is -0.351 e. The van der Waals surface area contributed by atoms with Gasteiger partial charge in [0, 0.05) is 17.3 Å². The predicted molar refractivity (Wildman–Crippen MR) is 76.3 cm³/mol. The van der Waals surface area contributed by atoms with Crippen LogP contribution in [0.1, 0.15) is 27.4 Å². The average molecular weight is 269 g/mol. The normalized spacial score (nSPS) is 9.75. The van der Waals surface area contributed by atoms with Gasteiger partial charge in [0.1, 0.15) is 0 Å². The van der Waals surface area contributed by atoms with E-state index in [9.17, 15) is 4.79 Å². The molecule has 0 aliphatic carbocycles. The van der Waals surface area contributed by atoms with Crippen molar-refractivity contribution < 1.29 is 9.32 Å². The zero-order valence-electron chi connectivity index (χ0n) is 11.4. The Bertz CT molecular complexity index is 693. The molecule has 0 radical (unpaired) electrons. The molecule has 0 saturated carbocycles. The summed E-state index contributed by atoms with van der Waals surface area (Å²) in [4.78, 5) is 12.0. The maximum atomic E-state index is 12.0. The molecule has 102 valence electrons. The molecule has 5 heteroatoms. The van der Waals surface area contributed by atoms with E-state index < -0.39 is 0 Å². The number of nitrogens with two attached hydrogens (primary N) is 1. The summed E-state index contributed by atoms with van der Waals surface area (Å²) in [6.45, 7) is 3.99. The Morgan fingerprint density at radius 3 is 2.80 bits per heavy atom. The summed E-state index contributed by atoms with van der Waals surface area (Å²) in [6.07, 6.45) is 0. The number of nitrogens with one attached hydrogen (secondary N) is 1. The smallest absolute Gasteiger partial charge is 0.294 e. The van der Waals surface area contributed by atoms with Crippen molar-refractivity contribution in [1.82, 2.24) is 5.16 Å². The van der Waals surface area contributed by atoms with Crippen LogP contribution >= 0.6 is 0 Å². The lowest BCUT2D eigenvalue weighted by Crippen LogP contribution is -2.11. The van der Waals surface area contributed by atoms with Gasteiger partial charge in [-0.3, -0.25) is 4.79 Å². The Balaban J connectivity index is 2.20. The van der Waals surface area contributed by atoms with Crippen LogP contribution in [-0.4, -0.2) is 17.6 Å². The second-order valence-electron chi connectivity index (χ2n) is 4.38. The SMILES string of the molecule is Cc1cc(C#CCN)cc(NC(=O)c2cc(C)no2)c1. The van der Waals surface area contributed by atoms with Gasteiger partial charge in [0.2, 0.25) is 5.76 Å². The minimum absolute atomic E-state index is 0.179. The lowest BCUT2D eigenvalue weighted by Gasteiger charge is -2.05. The van der Waals surface area contributed by atoms with E-state index in [0.29, 0.717) is 17.9 Å². The van der Waals surface area contributed by atoms with E-state index in [1.54, 1.807) is 19.1 Å². The summed E-state index contributed by atoms with van der Waals surface area (Å²) in [5.74, 6) is 5.56. The molecule has 0 aliphatic heterocycles. The first-order valence-electron chi connectivity index (χ1n) is 6.14. The number of hydrogen-bond acceptors (Lipinski definition) is 4. The number of benzene rings is 1. The maximum absolute atomic E-state index is 12.0. The number of rotatable bonds is 2. The van der Waals surface area contributed by atoms with Gasteiger partial charge in [0.25, 0.3) is 5.91 Å². The molecule has 0 saturated heterocycles. The van der Waals surface area contributed by atoms with Crippen LogP contribution in [0.3, 0.4) is 0 Å². The maximum Gasteiger partial charge on any atom is 0.294 e. The van der Waals surface area contributed by atoms with Crippen molar-refractivity contribution in [1.29, 1.82) is 0 Å². The lowest BCUT2D eigenvalue weighted by atomic mass is 10.1. The second-order valence-corrected chi connectivity index (χ2v) is 4.38. The van der Waals surface area contributed by atoms with Gasteiger partial charge in [0.05, 0.1) is 12.2 Å². The van der Waals surface area contributed by atoms with Crippen LogP contribution in [0.25, 0.3) is 0 Å². The van der Waals surface area contributed by atoms with Gasteiger partial charge < -0.3 is 15.6 Å². The molecular formula is C15H15N3O2. The summed E-state index contributed by atoms with van der Waals surface area (Å²) in [5.41, 5.74) is 8.47. The Kier molecular flexibility index (Phi) is 4.18. The molecule has 2 rings (SSSR count). The van der Waals surface area contributed by atoms with Gasteiger partial charge in [-0.1, -0.05) is 17.0 Å². The predicted octanol–water partition coefficient (Wildman–Crippen LogP) is 1.85. The van der Waals surface area contributed by atoms with Crippen molar-refractivity contribution in [2.75, 3.05) is 11.9 Å². The zero-order chi connectivity index (χ0) is 14.5. The molecule has 0 spiro atoms. The van der Waals surface area contributed by atoms with E-state index in [4.69, 9.17) is 10.3 Å². The highest BCUT2D eigenvalue weighted by Gasteiger charge is 2.12. The van der Waals surface area contributed by atoms with Crippen molar-refractivity contribution in [2.24, 2.45) is 5.73 Å². The van der Waals surface area contributed by atoms with Crippen molar-refractivity contribution in [3.8, 4) is 11.8 Å². The number of anilines is 1. The van der Waals surface area contributed by atoms with E-state index in [2.05, 4.69) is 22.3 Å². The molecule has 3 N–H and O–H groups in total. The van der Waals surface area contributed by atoms with Gasteiger partial charge in [0.15, 0.2) is 0 Å². The Hall–Kier alpha value is -2.58. The summed E-state index contributed by atoms with van der Waals surface area (Å²) in [6, 6.07) is 7.16. The number of amides is 1. The second kappa shape index (κ2) is 6.04. The molecular weight excluding hydrogens is 254 g/mol. The standard InChI is InChI=1S/C15H15N3O2/c1-10-6-12(4-3-5-16)9-13(7-10)17-15(19)14-8-11(2)18-20-14/h6-9H,5,16H2,1-2H3,(H,17,19). The molecule has 0 bridgehead atoms. The summed E-state index contributed by atoms with van der Waals surface area (Å²) < 4.78 is 4.92. The van der Waals surface area contributed by atoms with Crippen molar-refractivity contribution in [3.05, 3.63) is 46.8 Å². The van der Waals surface area contributed by atoms with Crippen molar-refractivity contribution in [2.45, 2.75) is 13.8 Å². The van der Waals surface area contributed by atoms with Gasteiger partial charge in [-0.15, -0.1) is 0 Å². The first kappa shape index (κ1) is 13.8. The molecule has 0 aliphatic rings. The van der Waals surface area contributed by atoms with Crippen LogP contribution < -0.4 is 11.1 Å². The fraction of sp³-hybridized carbons (Fsp3) is 0.200. The molecule has 5 nitrogen and oxygen atoms in total. The highest BCUT2D eigenvalue weighted by Crippen LogP contribution is 2.15. The van der Waals surface area contributed by atoms with Crippen LogP contribution in [0, 0.1) is 25.7 Å². The lowest BCUT2D eigenvalue weighted by molar-refractivity contribution is 0.0988. The topological polar surface area (TPSA) is 81.1 Å². The third-order valence-electron chi connectivity index (χ3n) is 2.52. The fourth-order valence-electron chi connectivity index (χ4n) is 1.74. The van der Waals surface area contributed by atoms with Crippen LogP contribution in [0.5, 0.6) is 0 Å². The van der Waals surface area contributed by atoms with Crippen LogP contribution in [0.2, 0.25) is 0 Å². The highest BCUT2D eigenvalue weighted by atomic mass is 16.5. The molecule has 1 aromatic heterocycles. The number of aryl methyl sites for hydroxylation is 2. The molecule has 0 unspecified atom stereocenters. The van der Waals surface area contributed by atoms with Crippen molar-refractivity contribution >= 4 is 11.6 Å². The fourth-order valence-corrected chi connectivity index (χ4v) is 1.74. The number of carbonyl (C=O) groups excluding carboxylic acids is 1. The van der Waals surface area contributed by atoms with E-state index in [0.717, 1.165) is 11.1 Å². The molecule has 20 heavy (non-hydrogen) atoms.